The molecule has 0 aliphatic carbocycles. The number of likely N-dealkylation sites (tertiary alicyclic amines) is 1. The standard InChI is InChI=1S/C21H31N5O3/c22-17(13-27)21(29)25-11-15-8-16(12-25)19(26-7-2-1-5-18(15)26)10-24-20(28)14-4-3-6-23-9-14/h3-4,6,9,15-19,27H,1-2,5,7-8,10-13,22H2,(H,24,28)/t15-,16+,17+,18+,19+/m1/s1. The van der Waals surface area contributed by atoms with Crippen molar-refractivity contribution in [3.05, 3.63) is 30.1 Å². The second-order valence-corrected chi connectivity index (χ2v) is 8.61. The second kappa shape index (κ2) is 8.77. The molecule has 0 saturated carbocycles. The Kier molecular flexibility index (Phi) is 6.12. The van der Waals surface area contributed by atoms with Gasteiger partial charge in [0, 0.05) is 44.1 Å². The number of aliphatic hydroxyl groups excluding tert-OH is 1. The molecule has 5 atom stereocenters. The van der Waals surface area contributed by atoms with Crippen LogP contribution < -0.4 is 11.1 Å². The summed E-state index contributed by atoms with van der Waals surface area (Å²) in [7, 11) is 0. The van der Waals surface area contributed by atoms with Gasteiger partial charge < -0.3 is 21.1 Å². The summed E-state index contributed by atoms with van der Waals surface area (Å²) >= 11 is 0. The fourth-order valence-corrected chi connectivity index (χ4v) is 5.48. The van der Waals surface area contributed by atoms with Crippen molar-refractivity contribution in [2.24, 2.45) is 17.6 Å². The quantitative estimate of drug-likeness (QED) is 0.632. The molecule has 1 aromatic rings. The lowest BCUT2D eigenvalue weighted by molar-refractivity contribution is -0.142. The Morgan fingerprint density at radius 1 is 1.31 bits per heavy atom. The number of nitrogens with one attached hydrogen (secondary N) is 1. The Hall–Kier alpha value is -2.03. The number of rotatable bonds is 5. The van der Waals surface area contributed by atoms with Crippen molar-refractivity contribution in [3.8, 4) is 0 Å². The van der Waals surface area contributed by atoms with E-state index in [0.717, 1.165) is 25.9 Å². The molecule has 2 bridgehead atoms. The minimum Gasteiger partial charge on any atom is -0.394 e. The highest BCUT2D eigenvalue weighted by molar-refractivity contribution is 5.93. The number of carbonyl (C=O) groups excluding carboxylic acids is 2. The molecule has 3 aliphatic rings. The molecule has 8 heteroatoms. The first-order valence-electron chi connectivity index (χ1n) is 10.7. The van der Waals surface area contributed by atoms with Gasteiger partial charge in [-0.2, -0.15) is 0 Å². The molecule has 0 radical (unpaired) electrons. The number of fused-ring (bicyclic) bond motifs is 4. The van der Waals surface area contributed by atoms with Crippen LogP contribution in [0.1, 0.15) is 36.0 Å². The van der Waals surface area contributed by atoms with Crippen molar-refractivity contribution in [2.45, 2.75) is 43.8 Å². The summed E-state index contributed by atoms with van der Waals surface area (Å²) < 4.78 is 0. The van der Waals surface area contributed by atoms with Gasteiger partial charge in [-0.25, -0.2) is 0 Å². The normalized spacial score (nSPS) is 30.3. The van der Waals surface area contributed by atoms with E-state index in [-0.39, 0.29) is 24.5 Å². The minimum absolute atomic E-state index is 0.111. The Labute approximate surface area is 171 Å². The van der Waals surface area contributed by atoms with Gasteiger partial charge in [-0.15, -0.1) is 0 Å². The molecule has 0 unspecified atom stereocenters. The van der Waals surface area contributed by atoms with Crippen molar-refractivity contribution in [1.82, 2.24) is 20.1 Å². The first kappa shape index (κ1) is 20.3. The van der Waals surface area contributed by atoms with Crippen LogP contribution in [0, 0.1) is 11.8 Å². The molecule has 158 valence electrons. The molecule has 29 heavy (non-hydrogen) atoms. The van der Waals surface area contributed by atoms with E-state index in [1.54, 1.807) is 24.5 Å². The third-order valence-electron chi connectivity index (χ3n) is 6.84. The van der Waals surface area contributed by atoms with Crippen LogP contribution in [0.4, 0.5) is 0 Å². The summed E-state index contributed by atoms with van der Waals surface area (Å²) in [6.45, 7) is 2.65. The van der Waals surface area contributed by atoms with Crippen LogP contribution in [0.5, 0.6) is 0 Å². The van der Waals surface area contributed by atoms with Gasteiger partial charge in [-0.3, -0.25) is 19.5 Å². The first-order chi connectivity index (χ1) is 14.1. The van der Waals surface area contributed by atoms with Crippen LogP contribution in [0.25, 0.3) is 0 Å². The molecule has 3 fully saturated rings. The molecule has 0 spiro atoms. The predicted octanol–water partition coefficient (Wildman–Crippen LogP) is -0.168. The molecule has 1 aromatic heterocycles. The summed E-state index contributed by atoms with van der Waals surface area (Å²) in [5, 5.41) is 12.4. The van der Waals surface area contributed by atoms with E-state index in [1.165, 1.54) is 12.8 Å². The Balaban J connectivity index is 1.49. The number of amides is 2. The molecule has 0 aromatic carbocycles. The van der Waals surface area contributed by atoms with Gasteiger partial charge in [-0.05, 0) is 49.8 Å². The molecule has 8 nitrogen and oxygen atoms in total. The average molecular weight is 402 g/mol. The number of piperidine rings is 3. The summed E-state index contributed by atoms with van der Waals surface area (Å²) in [6.07, 6.45) is 7.84. The molecular formula is C21H31N5O3. The maximum absolute atomic E-state index is 12.6. The van der Waals surface area contributed by atoms with Crippen molar-refractivity contribution >= 4 is 11.8 Å². The second-order valence-electron chi connectivity index (χ2n) is 8.61. The van der Waals surface area contributed by atoms with Crippen LogP contribution in [-0.4, -0.2) is 82.6 Å². The summed E-state index contributed by atoms with van der Waals surface area (Å²) in [5.74, 6) is 0.464. The van der Waals surface area contributed by atoms with E-state index in [0.29, 0.717) is 36.5 Å². The number of nitrogens with two attached hydrogens (primary N) is 1. The number of aliphatic hydroxyl groups is 1. The molecule has 4 N–H and O–H groups in total. The fourth-order valence-electron chi connectivity index (χ4n) is 5.48. The fraction of sp³-hybridized carbons (Fsp3) is 0.667. The van der Waals surface area contributed by atoms with Gasteiger partial charge in [0.1, 0.15) is 6.04 Å². The maximum Gasteiger partial charge on any atom is 0.252 e. The van der Waals surface area contributed by atoms with Crippen LogP contribution in [-0.2, 0) is 4.79 Å². The topological polar surface area (TPSA) is 112 Å². The van der Waals surface area contributed by atoms with E-state index < -0.39 is 6.04 Å². The lowest BCUT2D eigenvalue weighted by atomic mass is 9.72. The Morgan fingerprint density at radius 2 is 2.14 bits per heavy atom. The van der Waals surface area contributed by atoms with Crippen LogP contribution >= 0.6 is 0 Å². The minimum atomic E-state index is -0.847. The zero-order valence-corrected chi connectivity index (χ0v) is 16.7. The smallest absolute Gasteiger partial charge is 0.252 e. The lowest BCUT2D eigenvalue weighted by Crippen LogP contribution is -2.67. The number of hydrogen-bond acceptors (Lipinski definition) is 6. The highest BCUT2D eigenvalue weighted by Crippen LogP contribution is 2.41. The summed E-state index contributed by atoms with van der Waals surface area (Å²) in [4.78, 5) is 33.6. The average Bonchev–Trinajstić information content (AvgIpc) is 2.78. The zero-order valence-electron chi connectivity index (χ0n) is 16.7. The highest BCUT2D eigenvalue weighted by atomic mass is 16.3. The van der Waals surface area contributed by atoms with Crippen molar-refractivity contribution in [3.63, 3.8) is 0 Å². The van der Waals surface area contributed by atoms with E-state index in [9.17, 15) is 14.7 Å². The number of hydrogen-bond donors (Lipinski definition) is 3. The molecule has 4 heterocycles. The third-order valence-corrected chi connectivity index (χ3v) is 6.84. The van der Waals surface area contributed by atoms with E-state index in [1.807, 2.05) is 4.90 Å². The van der Waals surface area contributed by atoms with Gasteiger partial charge in [0.15, 0.2) is 0 Å². The van der Waals surface area contributed by atoms with Gasteiger partial charge in [0.2, 0.25) is 5.91 Å². The predicted molar refractivity (Wildman–Crippen MR) is 108 cm³/mol. The van der Waals surface area contributed by atoms with E-state index >= 15 is 0 Å². The van der Waals surface area contributed by atoms with Crippen LogP contribution in [0.15, 0.2) is 24.5 Å². The Morgan fingerprint density at radius 3 is 2.90 bits per heavy atom. The zero-order chi connectivity index (χ0) is 20.4. The van der Waals surface area contributed by atoms with Gasteiger partial charge in [0.05, 0.1) is 12.2 Å². The van der Waals surface area contributed by atoms with Gasteiger partial charge >= 0.3 is 0 Å². The number of aromatic nitrogens is 1. The maximum atomic E-state index is 12.6. The highest BCUT2D eigenvalue weighted by Gasteiger charge is 2.48. The van der Waals surface area contributed by atoms with Crippen LogP contribution in [0.2, 0.25) is 0 Å². The molecule has 4 rings (SSSR count). The Bertz CT molecular complexity index is 730. The number of pyridine rings is 1. The van der Waals surface area contributed by atoms with E-state index in [2.05, 4.69) is 15.2 Å². The SMILES string of the molecule is N[C@@H](CO)C(=O)N1C[C@H]2C[C@@H](C1)[C@H](CNC(=O)c1cccnc1)N1CCCC[C@@H]21. The summed E-state index contributed by atoms with van der Waals surface area (Å²) in [5.41, 5.74) is 6.37. The van der Waals surface area contributed by atoms with Crippen molar-refractivity contribution < 1.29 is 14.7 Å². The number of nitrogens with zero attached hydrogens (tertiary/aromatic N) is 3. The number of carbonyl (C=O) groups is 2. The molecule has 3 aliphatic heterocycles. The molecular weight excluding hydrogens is 370 g/mol. The van der Waals surface area contributed by atoms with Crippen molar-refractivity contribution in [2.75, 3.05) is 32.8 Å². The van der Waals surface area contributed by atoms with Crippen LogP contribution in [0.3, 0.4) is 0 Å². The largest absolute Gasteiger partial charge is 0.394 e. The lowest BCUT2D eigenvalue weighted by Gasteiger charge is -2.57. The van der Waals surface area contributed by atoms with E-state index in [4.69, 9.17) is 5.73 Å². The van der Waals surface area contributed by atoms with Gasteiger partial charge in [0.25, 0.3) is 5.91 Å². The van der Waals surface area contributed by atoms with Crippen molar-refractivity contribution in [1.29, 1.82) is 0 Å². The first-order valence-corrected chi connectivity index (χ1v) is 10.7. The molecule has 3 saturated heterocycles. The third kappa shape index (κ3) is 4.15. The monoisotopic (exact) mass is 401 g/mol. The summed E-state index contributed by atoms with van der Waals surface area (Å²) in [6, 6.07) is 3.33. The van der Waals surface area contributed by atoms with Gasteiger partial charge in [-0.1, -0.05) is 6.42 Å². The molecule has 2 amide bonds.